The second kappa shape index (κ2) is 4.67. The van der Waals surface area contributed by atoms with E-state index in [-0.39, 0.29) is 6.04 Å². The molecule has 1 N–H and O–H groups in total. The van der Waals surface area contributed by atoms with Gasteiger partial charge in [0.15, 0.2) is 0 Å². The van der Waals surface area contributed by atoms with Crippen LogP contribution >= 0.6 is 0 Å². The lowest BCUT2D eigenvalue weighted by atomic mass is 10.1. The highest BCUT2D eigenvalue weighted by molar-refractivity contribution is 5.96. The average Bonchev–Trinajstić information content (AvgIpc) is 2.74. The van der Waals surface area contributed by atoms with Gasteiger partial charge in [-0.1, -0.05) is 29.8 Å². The standard InChI is InChI=1S/C17H17NO2/c1-11-7-8-16(14(9-11)17(19)20)18-12(2)10-13-5-3-4-6-15(13)18/h3-9,12H,10H2,1-2H3,(H,19,20). The molecule has 3 heteroatoms. The van der Waals surface area contributed by atoms with Gasteiger partial charge in [-0.05, 0) is 44.0 Å². The van der Waals surface area contributed by atoms with Crippen LogP contribution in [0.25, 0.3) is 0 Å². The number of anilines is 2. The Morgan fingerprint density at radius 1 is 1.20 bits per heavy atom. The summed E-state index contributed by atoms with van der Waals surface area (Å²) in [6, 6.07) is 14.1. The van der Waals surface area contributed by atoms with Gasteiger partial charge in [0.05, 0.1) is 11.3 Å². The highest BCUT2D eigenvalue weighted by Gasteiger charge is 2.29. The van der Waals surface area contributed by atoms with Crippen LogP contribution in [0.2, 0.25) is 0 Å². The molecule has 1 aliphatic heterocycles. The van der Waals surface area contributed by atoms with Crippen LogP contribution in [0.3, 0.4) is 0 Å². The van der Waals surface area contributed by atoms with Gasteiger partial charge in [-0.25, -0.2) is 4.79 Å². The van der Waals surface area contributed by atoms with Crippen molar-refractivity contribution in [3.05, 3.63) is 59.2 Å². The summed E-state index contributed by atoms with van der Waals surface area (Å²) < 4.78 is 0. The normalized spacial score (nSPS) is 17.1. The molecule has 1 unspecified atom stereocenters. The molecule has 0 radical (unpaired) electrons. The molecule has 0 amide bonds. The molecule has 1 aliphatic rings. The quantitative estimate of drug-likeness (QED) is 0.900. The Morgan fingerprint density at radius 3 is 2.70 bits per heavy atom. The number of aryl methyl sites for hydroxylation is 1. The fourth-order valence-corrected chi connectivity index (χ4v) is 2.96. The number of para-hydroxylation sites is 1. The lowest BCUT2D eigenvalue weighted by molar-refractivity contribution is 0.0697. The molecule has 1 heterocycles. The Labute approximate surface area is 118 Å². The number of carboxylic acid groups (broad SMARTS) is 1. The molecular weight excluding hydrogens is 250 g/mol. The molecular formula is C17H17NO2. The summed E-state index contributed by atoms with van der Waals surface area (Å²) in [5, 5.41) is 9.46. The zero-order chi connectivity index (χ0) is 14.3. The number of nitrogens with zero attached hydrogens (tertiary/aromatic N) is 1. The number of hydrogen-bond acceptors (Lipinski definition) is 2. The van der Waals surface area contributed by atoms with Gasteiger partial charge in [0.2, 0.25) is 0 Å². The molecule has 3 rings (SSSR count). The molecule has 3 nitrogen and oxygen atoms in total. The van der Waals surface area contributed by atoms with Crippen LogP contribution in [-0.4, -0.2) is 17.1 Å². The first kappa shape index (κ1) is 12.7. The van der Waals surface area contributed by atoms with Crippen molar-refractivity contribution in [3.8, 4) is 0 Å². The number of carbonyl (C=O) groups is 1. The van der Waals surface area contributed by atoms with E-state index in [9.17, 15) is 9.90 Å². The molecule has 0 fully saturated rings. The smallest absolute Gasteiger partial charge is 0.337 e. The minimum absolute atomic E-state index is 0.271. The highest BCUT2D eigenvalue weighted by Crippen LogP contribution is 2.39. The van der Waals surface area contributed by atoms with E-state index in [0.717, 1.165) is 23.4 Å². The van der Waals surface area contributed by atoms with Crippen LogP contribution < -0.4 is 4.90 Å². The Balaban J connectivity index is 2.17. The van der Waals surface area contributed by atoms with E-state index < -0.39 is 5.97 Å². The Hall–Kier alpha value is -2.29. The number of carboxylic acids is 1. The second-order valence-corrected chi connectivity index (χ2v) is 5.38. The van der Waals surface area contributed by atoms with E-state index in [2.05, 4.69) is 24.0 Å². The SMILES string of the molecule is Cc1ccc(N2c3ccccc3CC2C)c(C(=O)O)c1. The monoisotopic (exact) mass is 267 g/mol. The first-order valence-corrected chi connectivity index (χ1v) is 6.79. The number of fused-ring (bicyclic) bond motifs is 1. The fourth-order valence-electron chi connectivity index (χ4n) is 2.96. The molecule has 0 aliphatic carbocycles. The van der Waals surface area contributed by atoms with Crippen LogP contribution in [0.1, 0.15) is 28.4 Å². The third-order valence-electron chi connectivity index (χ3n) is 3.85. The van der Waals surface area contributed by atoms with E-state index in [1.54, 1.807) is 6.07 Å². The lowest BCUT2D eigenvalue weighted by Gasteiger charge is -2.26. The van der Waals surface area contributed by atoms with Gasteiger partial charge in [-0.15, -0.1) is 0 Å². The first-order valence-electron chi connectivity index (χ1n) is 6.79. The van der Waals surface area contributed by atoms with Gasteiger partial charge in [-0.3, -0.25) is 0 Å². The topological polar surface area (TPSA) is 40.5 Å². The predicted molar refractivity (Wildman–Crippen MR) is 79.9 cm³/mol. The predicted octanol–water partition coefficient (Wildman–Crippen LogP) is 3.78. The van der Waals surface area contributed by atoms with Gasteiger partial charge in [0.25, 0.3) is 0 Å². The van der Waals surface area contributed by atoms with Crippen molar-refractivity contribution < 1.29 is 9.90 Å². The van der Waals surface area contributed by atoms with Crippen LogP contribution in [0.15, 0.2) is 42.5 Å². The Bertz CT molecular complexity index is 678. The van der Waals surface area contributed by atoms with E-state index in [4.69, 9.17) is 0 Å². The number of rotatable bonds is 2. The molecule has 1 atom stereocenters. The Kier molecular flexibility index (Phi) is 2.97. The maximum Gasteiger partial charge on any atom is 0.337 e. The van der Waals surface area contributed by atoms with Crippen LogP contribution in [0, 0.1) is 6.92 Å². The van der Waals surface area contributed by atoms with Crippen LogP contribution in [0.5, 0.6) is 0 Å². The summed E-state index contributed by atoms with van der Waals surface area (Å²) in [5.74, 6) is -0.875. The van der Waals surface area contributed by atoms with E-state index in [1.807, 2.05) is 31.2 Å². The van der Waals surface area contributed by atoms with Crippen LogP contribution in [0.4, 0.5) is 11.4 Å². The third kappa shape index (κ3) is 1.95. The second-order valence-electron chi connectivity index (χ2n) is 5.38. The summed E-state index contributed by atoms with van der Waals surface area (Å²) >= 11 is 0. The lowest BCUT2D eigenvalue weighted by Crippen LogP contribution is -2.25. The number of benzene rings is 2. The van der Waals surface area contributed by atoms with Crippen LogP contribution in [-0.2, 0) is 6.42 Å². The summed E-state index contributed by atoms with van der Waals surface area (Å²) in [5.41, 5.74) is 4.50. The summed E-state index contributed by atoms with van der Waals surface area (Å²) in [4.78, 5) is 13.7. The van der Waals surface area contributed by atoms with Gasteiger partial charge in [-0.2, -0.15) is 0 Å². The van der Waals surface area contributed by atoms with E-state index >= 15 is 0 Å². The van der Waals surface area contributed by atoms with Gasteiger partial charge >= 0.3 is 5.97 Å². The molecule has 20 heavy (non-hydrogen) atoms. The molecule has 2 aromatic rings. The molecule has 0 bridgehead atoms. The molecule has 0 saturated heterocycles. The molecule has 0 spiro atoms. The fraction of sp³-hybridized carbons (Fsp3) is 0.235. The van der Waals surface area contributed by atoms with Gasteiger partial charge in [0, 0.05) is 11.7 Å². The van der Waals surface area contributed by atoms with Crippen molar-refractivity contribution in [2.24, 2.45) is 0 Å². The number of hydrogen-bond donors (Lipinski definition) is 1. The molecule has 0 saturated carbocycles. The minimum atomic E-state index is -0.875. The van der Waals surface area contributed by atoms with E-state index in [0.29, 0.717) is 5.56 Å². The third-order valence-corrected chi connectivity index (χ3v) is 3.85. The minimum Gasteiger partial charge on any atom is -0.478 e. The molecule has 102 valence electrons. The van der Waals surface area contributed by atoms with Crippen molar-refractivity contribution in [1.82, 2.24) is 0 Å². The Morgan fingerprint density at radius 2 is 1.95 bits per heavy atom. The van der Waals surface area contributed by atoms with Gasteiger partial charge < -0.3 is 10.0 Å². The average molecular weight is 267 g/mol. The van der Waals surface area contributed by atoms with Crippen molar-refractivity contribution >= 4 is 17.3 Å². The van der Waals surface area contributed by atoms with E-state index in [1.165, 1.54) is 5.56 Å². The highest BCUT2D eigenvalue weighted by atomic mass is 16.4. The van der Waals surface area contributed by atoms with Crippen molar-refractivity contribution in [3.63, 3.8) is 0 Å². The summed E-state index contributed by atoms with van der Waals surface area (Å²) in [7, 11) is 0. The maximum atomic E-state index is 11.5. The zero-order valence-electron chi connectivity index (χ0n) is 11.6. The number of aromatic carboxylic acids is 1. The first-order chi connectivity index (χ1) is 9.58. The summed E-state index contributed by atoms with van der Waals surface area (Å²) in [6.45, 7) is 4.04. The molecule has 0 aromatic heterocycles. The maximum absolute atomic E-state index is 11.5. The molecule has 2 aromatic carbocycles. The van der Waals surface area contributed by atoms with Gasteiger partial charge in [0.1, 0.15) is 0 Å². The van der Waals surface area contributed by atoms with Crippen molar-refractivity contribution in [2.75, 3.05) is 4.90 Å². The zero-order valence-corrected chi connectivity index (χ0v) is 11.6. The van der Waals surface area contributed by atoms with Crippen molar-refractivity contribution in [1.29, 1.82) is 0 Å². The summed E-state index contributed by atoms with van der Waals surface area (Å²) in [6.07, 6.45) is 0.948. The largest absolute Gasteiger partial charge is 0.478 e. The van der Waals surface area contributed by atoms with Crippen molar-refractivity contribution in [2.45, 2.75) is 26.3 Å².